The number of sulfone groups is 1. The Labute approximate surface area is 227 Å². The van der Waals surface area contributed by atoms with Gasteiger partial charge in [-0.25, -0.2) is 26.0 Å². The summed E-state index contributed by atoms with van der Waals surface area (Å²) in [5.41, 5.74) is -0.423. The number of alkyl halides is 3. The number of nitrogens with zero attached hydrogens (tertiary/aromatic N) is 1. The molecule has 14 heteroatoms. The fraction of sp³-hybridized carbons (Fsp3) is 0.269. The van der Waals surface area contributed by atoms with Crippen molar-refractivity contribution in [1.29, 1.82) is 0 Å². The van der Waals surface area contributed by atoms with Gasteiger partial charge in [0.15, 0.2) is 6.61 Å². The lowest BCUT2D eigenvalue weighted by molar-refractivity contribution is -0.139. The van der Waals surface area contributed by atoms with E-state index < -0.39 is 70.7 Å². The number of hydrogen-bond donors (Lipinski definition) is 1. The van der Waals surface area contributed by atoms with Crippen molar-refractivity contribution < 1.29 is 49.0 Å². The van der Waals surface area contributed by atoms with Gasteiger partial charge < -0.3 is 9.84 Å². The molecule has 1 aliphatic carbocycles. The van der Waals surface area contributed by atoms with Gasteiger partial charge in [-0.15, -0.1) is 0 Å². The Morgan fingerprint density at radius 3 is 2.27 bits per heavy atom. The van der Waals surface area contributed by atoms with Gasteiger partial charge in [0.25, 0.3) is 0 Å². The Bertz CT molecular complexity index is 1660. The molecule has 1 N–H and O–H groups in total. The molecule has 0 radical (unpaired) electrons. The first-order valence-corrected chi connectivity index (χ1v) is 14.7. The average Bonchev–Trinajstić information content (AvgIpc) is 2.90. The van der Waals surface area contributed by atoms with E-state index in [9.17, 15) is 39.2 Å². The summed E-state index contributed by atoms with van der Waals surface area (Å²) in [4.78, 5) is 8.62. The van der Waals surface area contributed by atoms with E-state index in [1.165, 1.54) is 13.1 Å². The van der Waals surface area contributed by atoms with Crippen molar-refractivity contribution in [3.05, 3.63) is 83.2 Å². The molecule has 40 heavy (non-hydrogen) atoms. The highest BCUT2D eigenvalue weighted by Gasteiger charge is 2.38. The molecule has 0 spiro atoms. The first kappa shape index (κ1) is 29.5. The van der Waals surface area contributed by atoms with Crippen LogP contribution in [0.4, 0.5) is 17.6 Å². The molecule has 0 heterocycles. The number of carboxylic acid groups (broad SMARTS) is 1. The molecular formula is C26H23F4NO7S2. The summed E-state index contributed by atoms with van der Waals surface area (Å²) in [6, 6.07) is 8.58. The van der Waals surface area contributed by atoms with E-state index in [-0.39, 0.29) is 5.75 Å². The van der Waals surface area contributed by atoms with Crippen molar-refractivity contribution in [3.63, 3.8) is 0 Å². The van der Waals surface area contributed by atoms with Crippen LogP contribution in [0, 0.1) is 5.82 Å². The monoisotopic (exact) mass is 601 g/mol. The van der Waals surface area contributed by atoms with Crippen LogP contribution in [-0.4, -0.2) is 45.9 Å². The van der Waals surface area contributed by atoms with E-state index in [1.807, 2.05) is 0 Å². The van der Waals surface area contributed by atoms with E-state index in [1.54, 1.807) is 12.1 Å². The van der Waals surface area contributed by atoms with Gasteiger partial charge in [-0.3, -0.25) is 0 Å². The topological polar surface area (TPSA) is 118 Å². The van der Waals surface area contributed by atoms with Crippen LogP contribution in [0.15, 0.2) is 75.4 Å². The van der Waals surface area contributed by atoms with Crippen molar-refractivity contribution in [2.45, 2.75) is 46.2 Å². The molecule has 0 aromatic heterocycles. The number of fused-ring (bicyclic) bond motifs is 1. The average molecular weight is 602 g/mol. The van der Waals surface area contributed by atoms with Gasteiger partial charge in [0.05, 0.1) is 26.3 Å². The molecule has 3 aromatic carbocycles. The second kappa shape index (κ2) is 10.8. The highest BCUT2D eigenvalue weighted by atomic mass is 32.2. The van der Waals surface area contributed by atoms with Crippen molar-refractivity contribution in [3.8, 4) is 5.75 Å². The number of aliphatic carboxylic acids is 1. The highest BCUT2D eigenvalue weighted by Crippen LogP contribution is 2.41. The molecule has 0 aliphatic heterocycles. The van der Waals surface area contributed by atoms with Gasteiger partial charge in [-0.2, -0.15) is 17.5 Å². The number of hydrogen-bond acceptors (Lipinski definition) is 6. The van der Waals surface area contributed by atoms with Gasteiger partial charge in [0.2, 0.25) is 19.9 Å². The van der Waals surface area contributed by atoms with E-state index in [4.69, 9.17) is 9.84 Å². The zero-order valence-corrected chi connectivity index (χ0v) is 22.5. The summed E-state index contributed by atoms with van der Waals surface area (Å²) in [5, 5.41) is 8.94. The Balaban J connectivity index is 1.80. The number of benzene rings is 3. The van der Waals surface area contributed by atoms with Gasteiger partial charge >= 0.3 is 12.1 Å². The van der Waals surface area contributed by atoms with Crippen molar-refractivity contribution in [2.24, 2.45) is 0 Å². The number of carbonyl (C=O) groups is 1. The summed E-state index contributed by atoms with van der Waals surface area (Å²) in [7, 11) is -8.18. The third kappa shape index (κ3) is 5.83. The maximum atomic E-state index is 13.8. The zero-order chi connectivity index (χ0) is 29.5. The fourth-order valence-electron chi connectivity index (χ4n) is 4.57. The predicted molar refractivity (Wildman–Crippen MR) is 133 cm³/mol. The quantitative estimate of drug-likeness (QED) is 0.290. The smallest absolute Gasteiger partial charge is 0.416 e. The van der Waals surface area contributed by atoms with Crippen molar-refractivity contribution in [2.75, 3.05) is 13.7 Å². The van der Waals surface area contributed by atoms with Crippen LogP contribution in [0.3, 0.4) is 0 Å². The lowest BCUT2D eigenvalue weighted by atomic mass is 9.87. The molecule has 0 fully saturated rings. The maximum Gasteiger partial charge on any atom is 0.416 e. The summed E-state index contributed by atoms with van der Waals surface area (Å²) in [5.74, 6) is -1.72. The molecule has 0 saturated carbocycles. The fourth-order valence-corrected chi connectivity index (χ4v) is 7.41. The highest BCUT2D eigenvalue weighted by molar-refractivity contribution is 7.91. The van der Waals surface area contributed by atoms with Crippen LogP contribution in [-0.2, 0) is 37.3 Å². The van der Waals surface area contributed by atoms with Crippen molar-refractivity contribution in [1.82, 2.24) is 4.31 Å². The second-order valence-electron chi connectivity index (χ2n) is 9.08. The lowest BCUT2D eigenvalue weighted by Gasteiger charge is -2.33. The standard InChI is InChI=1S/C26H23F4NO7S2/c1-31(23-6-2-5-22-21(23)4-3-7-24(22)38-15-25(32)33)40(36,37)20-13-16(26(28,29)30)12-19(14-20)39(34,35)18-10-8-17(27)9-11-18/h3-4,7-14,23H,2,5-6,15H2,1H3,(H,32,33). The molecule has 0 saturated heterocycles. The van der Waals surface area contributed by atoms with Crippen molar-refractivity contribution >= 4 is 25.8 Å². The summed E-state index contributed by atoms with van der Waals surface area (Å²) in [6.07, 6.45) is -3.85. The Kier molecular flexibility index (Phi) is 7.98. The summed E-state index contributed by atoms with van der Waals surface area (Å²) >= 11 is 0. The minimum absolute atomic E-state index is 0.252. The SMILES string of the molecule is CN(C1CCCc2c(OCC(=O)O)cccc21)S(=O)(=O)c1cc(C(F)(F)F)cc(S(=O)(=O)c2ccc(F)cc2)c1. The van der Waals surface area contributed by atoms with Crippen LogP contribution < -0.4 is 4.74 Å². The normalized spacial score (nSPS) is 16.0. The summed E-state index contributed by atoms with van der Waals surface area (Å²) < 4.78 is 115. The minimum Gasteiger partial charge on any atom is -0.482 e. The number of sulfonamides is 1. The largest absolute Gasteiger partial charge is 0.482 e. The molecule has 214 valence electrons. The molecular weight excluding hydrogens is 578 g/mol. The number of halogens is 4. The first-order chi connectivity index (χ1) is 18.6. The van der Waals surface area contributed by atoms with Crippen LogP contribution in [0.25, 0.3) is 0 Å². The molecule has 0 bridgehead atoms. The zero-order valence-electron chi connectivity index (χ0n) is 20.9. The Hall–Kier alpha value is -3.49. The lowest BCUT2D eigenvalue weighted by Crippen LogP contribution is -2.34. The second-order valence-corrected chi connectivity index (χ2v) is 13.0. The van der Waals surface area contributed by atoms with Gasteiger partial charge in [-0.05, 0) is 78.9 Å². The Morgan fingerprint density at radius 1 is 1.00 bits per heavy atom. The molecule has 8 nitrogen and oxygen atoms in total. The molecule has 0 amide bonds. The van der Waals surface area contributed by atoms with E-state index in [0.29, 0.717) is 48.6 Å². The number of carboxylic acids is 1. The van der Waals surface area contributed by atoms with E-state index >= 15 is 0 Å². The first-order valence-electron chi connectivity index (χ1n) is 11.8. The maximum absolute atomic E-state index is 13.8. The summed E-state index contributed by atoms with van der Waals surface area (Å²) in [6.45, 7) is -0.620. The van der Waals surface area contributed by atoms with E-state index in [2.05, 4.69) is 0 Å². The molecule has 1 unspecified atom stereocenters. The molecule has 3 aromatic rings. The van der Waals surface area contributed by atoms with Gasteiger partial charge in [-0.1, -0.05) is 12.1 Å². The molecule has 1 aliphatic rings. The predicted octanol–water partition coefficient (Wildman–Crippen LogP) is 4.84. The molecule has 1 atom stereocenters. The third-order valence-corrected chi connectivity index (χ3v) is 10.1. The minimum atomic E-state index is -5.08. The molecule has 4 rings (SSSR count). The van der Waals surface area contributed by atoms with Gasteiger partial charge in [0.1, 0.15) is 11.6 Å². The number of ether oxygens (including phenoxy) is 1. The third-order valence-electron chi connectivity index (χ3n) is 6.54. The van der Waals surface area contributed by atoms with E-state index in [0.717, 1.165) is 28.6 Å². The van der Waals surface area contributed by atoms with Crippen LogP contribution in [0.2, 0.25) is 0 Å². The van der Waals surface area contributed by atoms with Crippen LogP contribution in [0.5, 0.6) is 5.75 Å². The number of rotatable bonds is 8. The van der Waals surface area contributed by atoms with Gasteiger partial charge in [0, 0.05) is 7.05 Å². The van der Waals surface area contributed by atoms with Crippen LogP contribution >= 0.6 is 0 Å². The Morgan fingerprint density at radius 2 is 1.65 bits per heavy atom. The van der Waals surface area contributed by atoms with Crippen LogP contribution in [0.1, 0.15) is 35.6 Å².